The molecule has 1 aliphatic rings. The zero-order valence-corrected chi connectivity index (χ0v) is 12.5. The second-order valence-corrected chi connectivity index (χ2v) is 5.55. The molecule has 6 nitrogen and oxygen atoms in total. The molecule has 2 aromatic heterocycles. The first-order valence-corrected chi connectivity index (χ1v) is 6.87. The fourth-order valence-electron chi connectivity index (χ4n) is 2.62. The second kappa shape index (κ2) is 5.12. The van der Waals surface area contributed by atoms with E-state index in [1.54, 1.807) is 29.1 Å². The Morgan fingerprint density at radius 2 is 2.13 bits per heavy atom. The molecule has 0 saturated carbocycles. The lowest BCUT2D eigenvalue weighted by Crippen LogP contribution is -2.71. The van der Waals surface area contributed by atoms with E-state index < -0.39 is 30.9 Å². The lowest BCUT2D eigenvalue weighted by molar-refractivity contribution is -0.303. The van der Waals surface area contributed by atoms with Crippen LogP contribution in [0.5, 0.6) is 0 Å². The number of aromatic nitrogens is 2. The summed E-state index contributed by atoms with van der Waals surface area (Å²) in [6.45, 7) is 0.789. The molecule has 1 N–H and O–H groups in total. The standard InChI is InChI=1S/C14H15F3N4O2/c1-9-5-10(6-20-4-3-18-11(9)20)19-12(22)21-7-13(8-21,23-2)14(15,16)17/h3-6H,7-8H2,1-2H3,(H,19,22). The van der Waals surface area contributed by atoms with Gasteiger partial charge in [0.25, 0.3) is 0 Å². The first kappa shape index (κ1) is 15.6. The molecule has 2 aromatic rings. The molecular weight excluding hydrogens is 313 g/mol. The van der Waals surface area contributed by atoms with Crippen molar-refractivity contribution in [2.75, 3.05) is 25.5 Å². The van der Waals surface area contributed by atoms with Crippen molar-refractivity contribution in [3.63, 3.8) is 0 Å². The van der Waals surface area contributed by atoms with E-state index in [1.807, 2.05) is 6.92 Å². The summed E-state index contributed by atoms with van der Waals surface area (Å²) in [5, 5.41) is 2.60. The summed E-state index contributed by atoms with van der Waals surface area (Å²) in [4.78, 5) is 17.3. The molecule has 0 atom stereocenters. The number of ether oxygens (including phenoxy) is 1. The van der Waals surface area contributed by atoms with Crippen LogP contribution in [-0.2, 0) is 4.74 Å². The number of hydrogen-bond donors (Lipinski definition) is 1. The first-order chi connectivity index (χ1) is 10.8. The van der Waals surface area contributed by atoms with Gasteiger partial charge in [0, 0.05) is 25.7 Å². The van der Waals surface area contributed by atoms with Gasteiger partial charge in [0.15, 0.2) is 5.60 Å². The van der Waals surface area contributed by atoms with Gasteiger partial charge >= 0.3 is 12.2 Å². The van der Waals surface area contributed by atoms with Crippen LogP contribution in [0, 0.1) is 6.92 Å². The fourth-order valence-corrected chi connectivity index (χ4v) is 2.62. The molecule has 2 amide bonds. The van der Waals surface area contributed by atoms with E-state index in [-0.39, 0.29) is 0 Å². The summed E-state index contributed by atoms with van der Waals surface area (Å²) >= 11 is 0. The molecule has 0 aliphatic carbocycles. The number of carbonyl (C=O) groups excluding carboxylic acids is 1. The van der Waals surface area contributed by atoms with Crippen LogP contribution in [0.1, 0.15) is 5.56 Å². The van der Waals surface area contributed by atoms with Gasteiger partial charge in [0.1, 0.15) is 5.65 Å². The molecule has 1 aliphatic heterocycles. The molecule has 0 unspecified atom stereocenters. The lowest BCUT2D eigenvalue weighted by Gasteiger charge is -2.49. The normalized spacial score (nSPS) is 17.2. The Morgan fingerprint density at radius 1 is 1.43 bits per heavy atom. The van der Waals surface area contributed by atoms with Crippen LogP contribution in [0.3, 0.4) is 0 Å². The highest BCUT2D eigenvalue weighted by atomic mass is 19.4. The van der Waals surface area contributed by atoms with Gasteiger partial charge in [-0.05, 0) is 18.6 Å². The minimum absolute atomic E-state index is 0.486. The van der Waals surface area contributed by atoms with Crippen LogP contribution < -0.4 is 5.32 Å². The van der Waals surface area contributed by atoms with Gasteiger partial charge in [0.2, 0.25) is 0 Å². The smallest absolute Gasteiger partial charge is 0.365 e. The molecule has 124 valence electrons. The maximum absolute atomic E-state index is 12.9. The number of carbonyl (C=O) groups is 1. The number of likely N-dealkylation sites (tertiary alicyclic amines) is 1. The highest BCUT2D eigenvalue weighted by Gasteiger charge is 2.63. The maximum atomic E-state index is 12.9. The minimum atomic E-state index is -4.51. The number of aryl methyl sites for hydroxylation is 1. The summed E-state index contributed by atoms with van der Waals surface area (Å²) in [5.74, 6) is 0. The van der Waals surface area contributed by atoms with Crippen LogP contribution >= 0.6 is 0 Å². The van der Waals surface area contributed by atoms with Crippen molar-refractivity contribution in [1.82, 2.24) is 14.3 Å². The van der Waals surface area contributed by atoms with Crippen LogP contribution in [0.15, 0.2) is 24.7 Å². The molecule has 0 bridgehead atoms. The maximum Gasteiger partial charge on any atom is 0.420 e. The number of nitrogens with zero attached hydrogens (tertiary/aromatic N) is 3. The number of rotatable bonds is 2. The largest absolute Gasteiger partial charge is 0.420 e. The summed E-state index contributed by atoms with van der Waals surface area (Å²) in [5.41, 5.74) is -0.186. The summed E-state index contributed by atoms with van der Waals surface area (Å²) < 4.78 is 45.1. The van der Waals surface area contributed by atoms with Gasteiger partial charge in [-0.2, -0.15) is 13.2 Å². The molecule has 0 aromatic carbocycles. The molecule has 23 heavy (non-hydrogen) atoms. The van der Waals surface area contributed by atoms with E-state index in [2.05, 4.69) is 15.0 Å². The predicted octanol–water partition coefficient (Wildman–Crippen LogP) is 2.44. The van der Waals surface area contributed by atoms with Crippen LogP contribution in [0.4, 0.5) is 23.7 Å². The van der Waals surface area contributed by atoms with Crippen molar-refractivity contribution in [3.05, 3.63) is 30.2 Å². The molecule has 9 heteroatoms. The predicted molar refractivity (Wildman–Crippen MR) is 76.3 cm³/mol. The Labute approximate surface area is 129 Å². The van der Waals surface area contributed by atoms with Crippen LogP contribution in [0.2, 0.25) is 0 Å². The van der Waals surface area contributed by atoms with E-state index in [0.29, 0.717) is 5.69 Å². The van der Waals surface area contributed by atoms with E-state index in [1.165, 1.54) is 0 Å². The lowest BCUT2D eigenvalue weighted by atomic mass is 9.93. The molecule has 1 fully saturated rings. The zero-order chi connectivity index (χ0) is 16.8. The van der Waals surface area contributed by atoms with Crippen LogP contribution in [-0.4, -0.2) is 52.3 Å². The number of nitrogens with one attached hydrogen (secondary N) is 1. The van der Waals surface area contributed by atoms with Gasteiger partial charge < -0.3 is 19.4 Å². The Bertz CT molecular complexity index is 750. The second-order valence-electron chi connectivity index (χ2n) is 5.55. The van der Waals surface area contributed by atoms with Crippen molar-refractivity contribution in [1.29, 1.82) is 0 Å². The van der Waals surface area contributed by atoms with E-state index in [4.69, 9.17) is 0 Å². The third-order valence-corrected chi connectivity index (χ3v) is 4.01. The number of imidazole rings is 1. The Hall–Kier alpha value is -2.29. The van der Waals surface area contributed by atoms with Gasteiger partial charge in [-0.3, -0.25) is 0 Å². The first-order valence-electron chi connectivity index (χ1n) is 6.87. The van der Waals surface area contributed by atoms with Crippen molar-refractivity contribution >= 4 is 17.4 Å². The number of amides is 2. The minimum Gasteiger partial charge on any atom is -0.365 e. The van der Waals surface area contributed by atoms with Crippen LogP contribution in [0.25, 0.3) is 5.65 Å². The number of anilines is 1. The average Bonchev–Trinajstić information content (AvgIpc) is 2.85. The zero-order valence-electron chi connectivity index (χ0n) is 12.5. The van der Waals surface area contributed by atoms with Gasteiger partial charge in [-0.25, -0.2) is 9.78 Å². The van der Waals surface area contributed by atoms with Crippen molar-refractivity contribution in [3.8, 4) is 0 Å². The number of hydrogen-bond acceptors (Lipinski definition) is 3. The summed E-state index contributed by atoms with van der Waals surface area (Å²) in [6, 6.07) is 1.12. The van der Waals surface area contributed by atoms with Gasteiger partial charge in [-0.1, -0.05) is 0 Å². The number of methoxy groups -OCH3 is 1. The van der Waals surface area contributed by atoms with E-state index in [9.17, 15) is 18.0 Å². The van der Waals surface area contributed by atoms with Crippen molar-refractivity contribution < 1.29 is 22.7 Å². The molecule has 3 heterocycles. The third-order valence-electron chi connectivity index (χ3n) is 4.01. The summed E-state index contributed by atoms with van der Waals surface area (Å²) in [7, 11) is 0.999. The molecule has 0 radical (unpaired) electrons. The highest BCUT2D eigenvalue weighted by molar-refractivity contribution is 5.90. The van der Waals surface area contributed by atoms with Gasteiger partial charge in [-0.15, -0.1) is 0 Å². The Balaban J connectivity index is 1.70. The Kier molecular flexibility index (Phi) is 3.47. The van der Waals surface area contributed by atoms with E-state index >= 15 is 0 Å². The topological polar surface area (TPSA) is 58.9 Å². The van der Waals surface area contributed by atoms with Gasteiger partial charge in [0.05, 0.1) is 18.8 Å². The SMILES string of the molecule is COC1(C(F)(F)F)CN(C(=O)Nc2cc(C)c3nccn3c2)C1. The van der Waals surface area contributed by atoms with E-state index in [0.717, 1.165) is 23.2 Å². The van der Waals surface area contributed by atoms with Crippen molar-refractivity contribution in [2.45, 2.75) is 18.7 Å². The molecule has 3 rings (SSSR count). The summed E-state index contributed by atoms with van der Waals surface area (Å²) in [6.07, 6.45) is 0.492. The average molecular weight is 328 g/mol. The fraction of sp³-hybridized carbons (Fsp3) is 0.429. The number of fused-ring (bicyclic) bond motifs is 1. The number of alkyl halides is 3. The van der Waals surface area contributed by atoms with Crippen molar-refractivity contribution in [2.24, 2.45) is 0 Å². The number of pyridine rings is 1. The molecule has 1 saturated heterocycles. The highest BCUT2D eigenvalue weighted by Crippen LogP contribution is 2.40. The monoisotopic (exact) mass is 328 g/mol. The number of halogens is 3. The Morgan fingerprint density at radius 3 is 2.74 bits per heavy atom. The molecule has 0 spiro atoms. The number of urea groups is 1. The third kappa shape index (κ3) is 2.50. The molecular formula is C14H15F3N4O2. The quantitative estimate of drug-likeness (QED) is 0.921.